The van der Waals surface area contributed by atoms with Crippen LogP contribution in [0.3, 0.4) is 0 Å². The van der Waals surface area contributed by atoms with Crippen molar-refractivity contribution in [1.29, 1.82) is 0 Å². The van der Waals surface area contributed by atoms with Crippen LogP contribution in [-0.4, -0.2) is 47.6 Å². The molecule has 5 nitrogen and oxygen atoms in total. The van der Waals surface area contributed by atoms with Crippen molar-refractivity contribution >= 4 is 39.1 Å². The van der Waals surface area contributed by atoms with Gasteiger partial charge in [0.05, 0.1) is 10.6 Å². The zero-order valence-corrected chi connectivity index (χ0v) is 14.3. The normalized spacial score (nSPS) is 17.4. The van der Waals surface area contributed by atoms with Crippen molar-refractivity contribution in [1.82, 2.24) is 10.3 Å². The summed E-state index contributed by atoms with van der Waals surface area (Å²) in [4.78, 5) is 13.0. The van der Waals surface area contributed by atoms with Gasteiger partial charge >= 0.3 is 12.3 Å². The maximum atomic E-state index is 12.3. The van der Waals surface area contributed by atoms with E-state index in [1.807, 2.05) is 11.4 Å². The van der Waals surface area contributed by atoms with Crippen molar-refractivity contribution in [2.45, 2.75) is 19.0 Å². The van der Waals surface area contributed by atoms with E-state index in [1.165, 1.54) is 16.2 Å². The molecule has 128 valence electrons. The van der Waals surface area contributed by atoms with Crippen LogP contribution in [-0.2, 0) is 0 Å². The minimum Gasteiger partial charge on any atom is -0.465 e. The lowest BCUT2D eigenvalue weighted by atomic mass is 9.91. The summed E-state index contributed by atoms with van der Waals surface area (Å²) in [5.41, 5.74) is 2.63. The summed E-state index contributed by atoms with van der Waals surface area (Å²) in [5, 5.41) is 14.8. The maximum absolute atomic E-state index is 12.3. The van der Waals surface area contributed by atoms with E-state index in [0.717, 1.165) is 9.35 Å². The van der Waals surface area contributed by atoms with Gasteiger partial charge in [-0.25, -0.2) is 4.79 Å². The number of hydrogen-bond donors (Lipinski definition) is 2. The molecule has 0 saturated carbocycles. The van der Waals surface area contributed by atoms with Crippen LogP contribution in [0.5, 0.6) is 0 Å². The Morgan fingerprint density at radius 2 is 2.13 bits per heavy atom. The molecule has 1 amide bonds. The largest absolute Gasteiger partial charge is 0.465 e. The lowest BCUT2D eigenvalue weighted by molar-refractivity contribution is -0.124. The Morgan fingerprint density at radius 3 is 2.61 bits per heavy atom. The third-order valence-corrected chi connectivity index (χ3v) is 5.34. The standard InChI is InChI=1S/C13H15BrF3N3O2S/c14-9-3-6-23-11(9)10(19-18-7-13(15,16)17)8-1-4-20(5-2-8)12(21)22/h3,6,8,18H,1-2,4-5,7H2,(H,21,22). The molecule has 0 bridgehead atoms. The van der Waals surface area contributed by atoms with Crippen molar-refractivity contribution in [3.63, 3.8) is 0 Å². The summed E-state index contributed by atoms with van der Waals surface area (Å²) in [5.74, 6) is -0.0821. The van der Waals surface area contributed by atoms with Crippen LogP contribution in [0.25, 0.3) is 0 Å². The Balaban J connectivity index is 2.13. The van der Waals surface area contributed by atoms with Crippen LogP contribution in [0.15, 0.2) is 21.0 Å². The molecule has 1 aliphatic heterocycles. The molecule has 1 aromatic rings. The predicted molar refractivity (Wildman–Crippen MR) is 84.9 cm³/mol. The summed E-state index contributed by atoms with van der Waals surface area (Å²) in [6.45, 7) is -0.504. The summed E-state index contributed by atoms with van der Waals surface area (Å²) in [7, 11) is 0. The fourth-order valence-electron chi connectivity index (χ4n) is 2.36. The second kappa shape index (κ2) is 7.52. The summed E-state index contributed by atoms with van der Waals surface area (Å²) in [6.07, 6.45) is -4.25. The van der Waals surface area contributed by atoms with Crippen LogP contribution in [0, 0.1) is 5.92 Å². The van der Waals surface area contributed by atoms with Gasteiger partial charge in [0.15, 0.2) is 0 Å². The molecule has 1 saturated heterocycles. The van der Waals surface area contributed by atoms with Gasteiger partial charge in [-0.1, -0.05) is 0 Å². The molecule has 1 aliphatic rings. The molecule has 2 rings (SSSR count). The van der Waals surface area contributed by atoms with Crippen LogP contribution in [0.2, 0.25) is 0 Å². The van der Waals surface area contributed by atoms with Crippen LogP contribution < -0.4 is 5.43 Å². The number of hydrazone groups is 1. The molecule has 2 N–H and O–H groups in total. The lowest BCUT2D eigenvalue weighted by Gasteiger charge is -2.30. The quantitative estimate of drug-likeness (QED) is 0.583. The predicted octanol–water partition coefficient (Wildman–Crippen LogP) is 3.76. The highest BCUT2D eigenvalue weighted by atomic mass is 79.9. The third-order valence-electron chi connectivity index (χ3n) is 3.48. The van der Waals surface area contributed by atoms with Crippen LogP contribution in [0.1, 0.15) is 17.7 Å². The van der Waals surface area contributed by atoms with E-state index >= 15 is 0 Å². The van der Waals surface area contributed by atoms with Crippen molar-refractivity contribution in [2.75, 3.05) is 19.6 Å². The number of carbonyl (C=O) groups is 1. The summed E-state index contributed by atoms with van der Waals surface area (Å²) >= 11 is 4.76. The fraction of sp³-hybridized carbons (Fsp3) is 0.538. The first kappa shape index (κ1) is 18.1. The van der Waals surface area contributed by atoms with E-state index in [4.69, 9.17) is 5.11 Å². The maximum Gasteiger partial charge on any atom is 0.407 e. The molecule has 2 heterocycles. The van der Waals surface area contributed by atoms with E-state index in [2.05, 4.69) is 26.5 Å². The second-order valence-electron chi connectivity index (χ2n) is 5.09. The third kappa shape index (κ3) is 5.10. The number of halogens is 4. The monoisotopic (exact) mass is 413 g/mol. The number of rotatable bonds is 4. The zero-order chi connectivity index (χ0) is 17.0. The molecule has 0 radical (unpaired) electrons. The fourth-order valence-corrected chi connectivity index (χ4v) is 4.01. The van der Waals surface area contributed by atoms with Gasteiger partial charge in [-0.15, -0.1) is 11.3 Å². The molecule has 0 spiro atoms. The minimum absolute atomic E-state index is 0.0821. The molecular weight excluding hydrogens is 399 g/mol. The molecular formula is C13H15BrF3N3O2S. The average molecular weight is 414 g/mol. The van der Waals surface area contributed by atoms with Crippen LogP contribution >= 0.6 is 27.3 Å². The van der Waals surface area contributed by atoms with Gasteiger partial charge in [-0.3, -0.25) is 0 Å². The molecule has 10 heteroatoms. The van der Waals surface area contributed by atoms with Gasteiger partial charge in [0.25, 0.3) is 0 Å². The van der Waals surface area contributed by atoms with Crippen molar-refractivity contribution in [3.8, 4) is 0 Å². The lowest BCUT2D eigenvalue weighted by Crippen LogP contribution is -2.40. The number of thiophene rings is 1. The molecule has 0 aromatic carbocycles. The number of nitrogens with zero attached hydrogens (tertiary/aromatic N) is 2. The molecule has 0 unspecified atom stereocenters. The first-order chi connectivity index (χ1) is 10.8. The number of alkyl halides is 3. The minimum atomic E-state index is -4.34. The Hall–Kier alpha value is -1.29. The first-order valence-electron chi connectivity index (χ1n) is 6.86. The van der Waals surface area contributed by atoms with Gasteiger partial charge in [-0.2, -0.15) is 18.3 Å². The summed E-state index contributed by atoms with van der Waals surface area (Å²) < 4.78 is 37.7. The number of hydrogen-bond acceptors (Lipinski definition) is 4. The number of amides is 1. The number of carboxylic acid groups (broad SMARTS) is 1. The van der Waals surface area contributed by atoms with Gasteiger partial charge < -0.3 is 15.4 Å². The Labute approximate surface area is 143 Å². The van der Waals surface area contributed by atoms with E-state index in [-0.39, 0.29) is 5.92 Å². The van der Waals surface area contributed by atoms with Gasteiger partial charge in [-0.05, 0) is 40.2 Å². The van der Waals surface area contributed by atoms with E-state index in [1.54, 1.807) is 0 Å². The van der Waals surface area contributed by atoms with Crippen LogP contribution in [0.4, 0.5) is 18.0 Å². The number of piperidine rings is 1. The van der Waals surface area contributed by atoms with Crippen molar-refractivity contribution in [3.05, 3.63) is 20.8 Å². The van der Waals surface area contributed by atoms with Gasteiger partial charge in [0.2, 0.25) is 0 Å². The smallest absolute Gasteiger partial charge is 0.407 e. The van der Waals surface area contributed by atoms with Crippen molar-refractivity contribution < 1.29 is 23.1 Å². The summed E-state index contributed by atoms with van der Waals surface area (Å²) in [6, 6.07) is 1.81. The van der Waals surface area contributed by atoms with Gasteiger partial charge in [0.1, 0.15) is 6.54 Å². The molecule has 1 fully saturated rings. The topological polar surface area (TPSA) is 64.9 Å². The Kier molecular flexibility index (Phi) is 5.90. The number of likely N-dealkylation sites (tertiary alicyclic amines) is 1. The number of nitrogens with one attached hydrogen (secondary N) is 1. The van der Waals surface area contributed by atoms with Crippen molar-refractivity contribution in [2.24, 2.45) is 11.0 Å². The Bertz CT molecular complexity index is 583. The SMILES string of the molecule is O=C(O)N1CCC(C(=NNCC(F)(F)F)c2sccc2Br)CC1. The highest BCUT2D eigenvalue weighted by Gasteiger charge is 2.30. The molecule has 0 atom stereocenters. The molecule has 0 aliphatic carbocycles. The Morgan fingerprint density at radius 1 is 1.48 bits per heavy atom. The zero-order valence-electron chi connectivity index (χ0n) is 11.9. The van der Waals surface area contributed by atoms with E-state index < -0.39 is 18.8 Å². The second-order valence-corrected chi connectivity index (χ2v) is 6.86. The molecule has 1 aromatic heterocycles. The van der Waals surface area contributed by atoms with E-state index in [0.29, 0.717) is 31.6 Å². The average Bonchev–Trinajstić information content (AvgIpc) is 2.89. The first-order valence-corrected chi connectivity index (χ1v) is 8.53. The van der Waals surface area contributed by atoms with Gasteiger partial charge in [0, 0.05) is 23.5 Å². The molecule has 23 heavy (non-hydrogen) atoms. The van der Waals surface area contributed by atoms with E-state index in [9.17, 15) is 18.0 Å². The highest BCUT2D eigenvalue weighted by molar-refractivity contribution is 9.10. The highest BCUT2D eigenvalue weighted by Crippen LogP contribution is 2.30.